The number of hydrogen-bond donors (Lipinski definition) is 3. The number of esters is 1. The number of nitrogens with one attached hydrogen (secondary N) is 1. The number of aliphatic hydroxyl groups is 2. The minimum Gasteiger partial charge on any atom is -0.499 e. The molecule has 2 aromatic carbocycles. The number of rotatable bonds is 21. The third-order valence-electron chi connectivity index (χ3n) is 11.6. The maximum absolute atomic E-state index is 15.5. The summed E-state index contributed by atoms with van der Waals surface area (Å²) in [4.78, 5) is 52.0. The molecule has 2 amide bonds. The molecule has 2 bridgehead atoms. The Morgan fingerprint density at radius 3 is 2.39 bits per heavy atom. The number of aliphatic hydroxyl groups excluding tert-OH is 2. The highest BCUT2D eigenvalue weighted by atomic mass is 16.8. The van der Waals surface area contributed by atoms with Crippen LogP contribution in [0.1, 0.15) is 88.3 Å². The first-order valence-electron chi connectivity index (χ1n) is 20.4. The second kappa shape index (κ2) is 19.1. The van der Waals surface area contributed by atoms with Crippen molar-refractivity contribution < 1.29 is 48.4 Å². The lowest BCUT2D eigenvalue weighted by molar-refractivity contribution is -0.225. The van der Waals surface area contributed by atoms with Crippen molar-refractivity contribution in [2.75, 3.05) is 33.4 Å². The fourth-order valence-electron chi connectivity index (χ4n) is 8.91. The monoisotopic (exact) mass is 777 g/mol. The fourth-order valence-corrected chi connectivity index (χ4v) is 8.91. The van der Waals surface area contributed by atoms with Crippen LogP contribution in [0.4, 0.5) is 0 Å². The number of benzene rings is 2. The minimum atomic E-state index is -1.47. The van der Waals surface area contributed by atoms with Crippen molar-refractivity contribution in [3.05, 3.63) is 77.5 Å². The van der Waals surface area contributed by atoms with Gasteiger partial charge in [-0.25, -0.2) is 0 Å². The van der Waals surface area contributed by atoms with E-state index in [9.17, 15) is 14.7 Å². The maximum atomic E-state index is 15.5. The summed E-state index contributed by atoms with van der Waals surface area (Å²) < 4.78 is 25.5. The van der Waals surface area contributed by atoms with Gasteiger partial charge in [-0.1, -0.05) is 94.1 Å². The third kappa shape index (κ3) is 8.83. The van der Waals surface area contributed by atoms with Gasteiger partial charge in [-0.2, -0.15) is 5.06 Å². The molecule has 0 unspecified atom stereocenters. The fraction of sp³-hybridized carbons (Fsp3) is 0.605. The minimum absolute atomic E-state index is 0.0305. The molecule has 0 spiro atoms. The summed E-state index contributed by atoms with van der Waals surface area (Å²) >= 11 is 0. The largest absolute Gasteiger partial charge is 0.499 e. The van der Waals surface area contributed by atoms with Crippen molar-refractivity contribution in [1.82, 2.24) is 15.3 Å². The molecule has 3 N–H and O–H groups in total. The Kier molecular flexibility index (Phi) is 14.2. The summed E-state index contributed by atoms with van der Waals surface area (Å²) in [6.07, 6.45) is 7.88. The van der Waals surface area contributed by atoms with Gasteiger partial charge in [0.05, 0.1) is 26.0 Å². The van der Waals surface area contributed by atoms with Crippen molar-refractivity contribution in [2.24, 2.45) is 5.41 Å². The van der Waals surface area contributed by atoms with Gasteiger partial charge in [0.15, 0.2) is 11.8 Å². The Morgan fingerprint density at radius 2 is 1.70 bits per heavy atom. The van der Waals surface area contributed by atoms with Crippen molar-refractivity contribution in [3.8, 4) is 0 Å². The molecule has 306 valence electrons. The highest BCUT2D eigenvalue weighted by Gasteiger charge is 2.76. The maximum Gasteiger partial charge on any atom is 0.327 e. The van der Waals surface area contributed by atoms with E-state index in [1.807, 2.05) is 54.6 Å². The smallest absolute Gasteiger partial charge is 0.327 e. The lowest BCUT2D eigenvalue weighted by atomic mass is 9.62. The van der Waals surface area contributed by atoms with Gasteiger partial charge in [0.25, 0.3) is 0 Å². The molecule has 3 heterocycles. The zero-order valence-electron chi connectivity index (χ0n) is 33.0. The van der Waals surface area contributed by atoms with Crippen LogP contribution in [-0.2, 0) is 51.1 Å². The van der Waals surface area contributed by atoms with Crippen LogP contribution < -0.4 is 5.32 Å². The average molecular weight is 778 g/mol. The van der Waals surface area contributed by atoms with Crippen LogP contribution in [0.15, 0.2) is 60.9 Å². The second-order valence-electron chi connectivity index (χ2n) is 15.5. The Hall–Kier alpha value is -3.85. The summed E-state index contributed by atoms with van der Waals surface area (Å²) in [5.74, 6) is -2.32. The van der Waals surface area contributed by atoms with Crippen molar-refractivity contribution in [1.29, 1.82) is 0 Å². The molecule has 13 heteroatoms. The van der Waals surface area contributed by atoms with Gasteiger partial charge in [-0.15, -0.1) is 0 Å². The molecule has 6 rings (SSSR count). The number of amides is 2. The lowest BCUT2D eigenvalue weighted by Crippen LogP contribution is -2.70. The zero-order valence-corrected chi connectivity index (χ0v) is 33.0. The van der Waals surface area contributed by atoms with Crippen molar-refractivity contribution in [2.45, 2.75) is 127 Å². The van der Waals surface area contributed by atoms with E-state index in [4.69, 9.17) is 28.9 Å². The molecule has 2 aromatic rings. The quantitative estimate of drug-likeness (QED) is 0.0945. The van der Waals surface area contributed by atoms with E-state index in [1.165, 1.54) is 11.2 Å². The van der Waals surface area contributed by atoms with Crippen LogP contribution in [0.5, 0.6) is 0 Å². The van der Waals surface area contributed by atoms with Crippen LogP contribution in [0, 0.1) is 5.41 Å². The standard InChI is InChI=1S/C43H59N3O10/c1-4-6-11-19-42(20-12-7-5-2)54-35-34-28-43(41(51)45(3)33(39(49)44-21-22-47)27-30-14-9-8-10-15-30)37(40(50)53-34)46(56-38(43)36(35)55-42)29-32-17-13-16-31(26-32)18-24-52-25-23-48/h8-10,13-18,24,26,33-38,47-48H,4-7,11-12,19-23,25,27-29H2,1-3H3,(H,44,49)/t33-,34-,35+,36+,37+,38-,43+/m1/s1. The van der Waals surface area contributed by atoms with Crippen molar-refractivity contribution >= 4 is 23.9 Å². The number of hydroxylamine groups is 2. The van der Waals surface area contributed by atoms with Gasteiger partial charge in [0, 0.05) is 39.3 Å². The van der Waals surface area contributed by atoms with E-state index in [0.29, 0.717) is 12.8 Å². The summed E-state index contributed by atoms with van der Waals surface area (Å²) in [5.41, 5.74) is 1.04. The van der Waals surface area contributed by atoms with E-state index in [-0.39, 0.29) is 45.8 Å². The van der Waals surface area contributed by atoms with E-state index in [0.717, 1.165) is 55.2 Å². The van der Waals surface area contributed by atoms with E-state index in [1.54, 1.807) is 18.2 Å². The van der Waals surface area contributed by atoms with E-state index >= 15 is 4.79 Å². The Morgan fingerprint density at radius 1 is 0.982 bits per heavy atom. The number of nitrogens with zero attached hydrogens (tertiary/aromatic N) is 2. The molecule has 1 saturated carbocycles. The third-order valence-corrected chi connectivity index (χ3v) is 11.6. The van der Waals surface area contributed by atoms with Crippen LogP contribution in [-0.4, -0.2) is 114 Å². The highest BCUT2D eigenvalue weighted by molar-refractivity contribution is 5.96. The molecule has 0 radical (unpaired) electrons. The number of hydrogen-bond acceptors (Lipinski definition) is 11. The van der Waals surface area contributed by atoms with E-state index < -0.39 is 65.5 Å². The van der Waals surface area contributed by atoms with Crippen LogP contribution in [0.25, 0.3) is 6.08 Å². The van der Waals surface area contributed by atoms with E-state index in [2.05, 4.69) is 19.2 Å². The predicted octanol–water partition coefficient (Wildman–Crippen LogP) is 4.29. The SMILES string of the molecule is CCCCCC1(CCCCC)O[C@@H]2[C@H](O1)[C@H]1ON(Cc3cccc(C=COCCO)c3)[C@H]3C(=O)O[C@@H]2C[C@@]13C(=O)N(C)[C@H](Cc1ccccc1)C(=O)NCCO. The molecule has 1 aliphatic carbocycles. The Labute approximate surface area is 330 Å². The highest BCUT2D eigenvalue weighted by Crippen LogP contribution is 2.58. The second-order valence-corrected chi connectivity index (χ2v) is 15.5. The lowest BCUT2D eigenvalue weighted by Gasteiger charge is -2.50. The molecule has 56 heavy (non-hydrogen) atoms. The summed E-state index contributed by atoms with van der Waals surface area (Å²) in [7, 11) is 1.61. The molecule has 4 aliphatic rings. The normalized spacial score (nSPS) is 26.8. The van der Waals surface area contributed by atoms with Gasteiger partial charge in [-0.3, -0.25) is 19.2 Å². The zero-order chi connectivity index (χ0) is 39.7. The number of carbonyl (C=O) groups excluding carboxylic acids is 3. The van der Waals surface area contributed by atoms with Crippen LogP contribution >= 0.6 is 0 Å². The number of unbranched alkanes of at least 4 members (excludes halogenated alkanes) is 4. The first kappa shape index (κ1) is 41.8. The van der Waals surface area contributed by atoms with Gasteiger partial charge >= 0.3 is 5.97 Å². The number of likely N-dealkylation sites (N-methyl/N-ethyl adjacent to an activating group) is 1. The Balaban J connectivity index is 1.38. The van der Waals surface area contributed by atoms with Crippen LogP contribution in [0.2, 0.25) is 0 Å². The summed E-state index contributed by atoms with van der Waals surface area (Å²) in [6, 6.07) is 15.0. The molecule has 4 fully saturated rings. The molecular weight excluding hydrogens is 718 g/mol. The van der Waals surface area contributed by atoms with Gasteiger partial charge in [0.1, 0.15) is 42.5 Å². The molecule has 3 saturated heterocycles. The van der Waals surface area contributed by atoms with Gasteiger partial charge < -0.3 is 39.4 Å². The average Bonchev–Trinajstić information content (AvgIpc) is 3.76. The summed E-state index contributed by atoms with van der Waals surface area (Å²) in [6.45, 7) is 4.32. The van der Waals surface area contributed by atoms with Crippen LogP contribution in [0.3, 0.4) is 0 Å². The molecular formula is C43H59N3O10. The molecule has 13 nitrogen and oxygen atoms in total. The first-order valence-corrected chi connectivity index (χ1v) is 20.4. The topological polar surface area (TPSA) is 156 Å². The van der Waals surface area contributed by atoms with Gasteiger partial charge in [0.2, 0.25) is 11.8 Å². The molecule has 0 aromatic heterocycles. The summed E-state index contributed by atoms with van der Waals surface area (Å²) in [5, 5.41) is 23.0. The van der Waals surface area contributed by atoms with Gasteiger partial charge in [-0.05, 0) is 35.6 Å². The first-order chi connectivity index (χ1) is 27.2. The molecule has 7 atom stereocenters. The number of fused-ring (bicyclic) bond motifs is 4. The number of ether oxygens (including phenoxy) is 4. The predicted molar refractivity (Wildman–Crippen MR) is 207 cm³/mol. The number of carbonyl (C=O) groups is 3. The molecule has 3 aliphatic heterocycles. The van der Waals surface area contributed by atoms with Crippen molar-refractivity contribution in [3.63, 3.8) is 0 Å². The Bertz CT molecular complexity index is 1650.